The predicted octanol–water partition coefficient (Wildman–Crippen LogP) is 1.52. The van der Waals surface area contributed by atoms with Gasteiger partial charge in [0, 0.05) is 37.3 Å². The molecule has 2 aromatic rings. The van der Waals surface area contributed by atoms with E-state index in [0.717, 1.165) is 0 Å². The van der Waals surface area contributed by atoms with E-state index >= 15 is 0 Å². The normalized spacial score (nSPS) is 11.5. The van der Waals surface area contributed by atoms with E-state index in [9.17, 15) is 13.2 Å². The zero-order chi connectivity index (χ0) is 15.3. The zero-order valence-electron chi connectivity index (χ0n) is 11.7. The molecule has 1 aromatic heterocycles. The van der Waals surface area contributed by atoms with Crippen molar-refractivity contribution in [3.63, 3.8) is 0 Å². The van der Waals surface area contributed by atoms with E-state index < -0.39 is 10.0 Å². The maximum atomic E-state index is 12.2. The third kappa shape index (κ3) is 3.99. The van der Waals surface area contributed by atoms with Crippen molar-refractivity contribution >= 4 is 15.8 Å². The Morgan fingerprint density at radius 1 is 1.38 bits per heavy atom. The van der Waals surface area contributed by atoms with Crippen LogP contribution in [0.15, 0.2) is 41.6 Å². The largest absolute Gasteiger partial charge is 0.349 e. The van der Waals surface area contributed by atoms with Crippen molar-refractivity contribution in [1.82, 2.24) is 14.7 Å². The molecule has 7 heteroatoms. The lowest BCUT2D eigenvalue weighted by atomic mass is 10.1. The summed E-state index contributed by atoms with van der Waals surface area (Å²) in [5, 5.41) is 0. The highest BCUT2D eigenvalue weighted by atomic mass is 32.2. The number of imidazole rings is 1. The van der Waals surface area contributed by atoms with E-state index in [1.54, 1.807) is 31.5 Å². The fourth-order valence-corrected chi connectivity index (χ4v) is 2.94. The molecule has 0 fully saturated rings. The highest BCUT2D eigenvalue weighted by Gasteiger charge is 2.15. The minimum absolute atomic E-state index is 0.0809. The highest BCUT2D eigenvalue weighted by Crippen LogP contribution is 2.13. The molecule has 0 radical (unpaired) electrons. The first-order valence-electron chi connectivity index (χ1n) is 6.64. The molecule has 0 saturated heterocycles. The lowest BCUT2D eigenvalue weighted by molar-refractivity contribution is 0.0988. The summed E-state index contributed by atoms with van der Waals surface area (Å²) in [5.74, 6) is 0.634. The molecule has 0 amide bonds. The van der Waals surface area contributed by atoms with Crippen LogP contribution in [0.2, 0.25) is 0 Å². The Kier molecular flexibility index (Phi) is 4.87. The average molecular weight is 307 g/mol. The van der Waals surface area contributed by atoms with Gasteiger partial charge in [-0.25, -0.2) is 18.1 Å². The summed E-state index contributed by atoms with van der Waals surface area (Å²) in [6.07, 6.45) is 4.11. The Morgan fingerprint density at radius 2 is 2.19 bits per heavy atom. The quantitative estimate of drug-likeness (QED) is 0.759. The zero-order valence-corrected chi connectivity index (χ0v) is 12.5. The number of carbonyl (C=O) groups excluding carboxylic acids is 1. The molecule has 0 aliphatic carbocycles. The van der Waals surface area contributed by atoms with Crippen molar-refractivity contribution in [3.8, 4) is 0 Å². The Labute approximate surface area is 123 Å². The van der Waals surface area contributed by atoms with Crippen LogP contribution >= 0.6 is 0 Å². The third-order valence-corrected chi connectivity index (χ3v) is 4.45. The number of Topliss-reactive ketones (excluding diaryl/α,β-unsaturated/α-hetero) is 1. The molecule has 2 N–H and O–H groups in total. The first kappa shape index (κ1) is 15.4. The number of sulfonamides is 1. The van der Waals surface area contributed by atoms with Gasteiger partial charge in [0.2, 0.25) is 10.0 Å². The molecule has 0 saturated carbocycles. The molecule has 0 atom stereocenters. The highest BCUT2D eigenvalue weighted by molar-refractivity contribution is 7.89. The number of aromatic nitrogens is 2. The van der Waals surface area contributed by atoms with Crippen molar-refractivity contribution < 1.29 is 13.2 Å². The second kappa shape index (κ2) is 6.64. The first-order chi connectivity index (χ1) is 10.0. The van der Waals surface area contributed by atoms with Crippen molar-refractivity contribution in [1.29, 1.82) is 0 Å². The third-order valence-electron chi connectivity index (χ3n) is 3.00. The van der Waals surface area contributed by atoms with Gasteiger partial charge in [-0.3, -0.25) is 4.79 Å². The van der Waals surface area contributed by atoms with Crippen LogP contribution in [-0.4, -0.2) is 30.7 Å². The number of ketones is 1. The SMILES string of the molecule is CCC(=O)c1cccc(S(=O)(=O)NCCc2ncc[nH]2)c1. The van der Waals surface area contributed by atoms with Crippen molar-refractivity contribution in [2.24, 2.45) is 0 Å². The number of H-pyrrole nitrogens is 1. The second-order valence-electron chi connectivity index (χ2n) is 4.49. The summed E-state index contributed by atoms with van der Waals surface area (Å²) in [6.45, 7) is 1.98. The van der Waals surface area contributed by atoms with Gasteiger partial charge in [-0.2, -0.15) is 0 Å². The monoisotopic (exact) mass is 307 g/mol. The van der Waals surface area contributed by atoms with Gasteiger partial charge >= 0.3 is 0 Å². The second-order valence-corrected chi connectivity index (χ2v) is 6.26. The number of rotatable bonds is 7. The van der Waals surface area contributed by atoms with Gasteiger partial charge < -0.3 is 4.98 Å². The number of aromatic amines is 1. The van der Waals surface area contributed by atoms with Crippen LogP contribution in [0.3, 0.4) is 0 Å². The van der Waals surface area contributed by atoms with Gasteiger partial charge in [-0.05, 0) is 12.1 Å². The molecular weight excluding hydrogens is 290 g/mol. The summed E-state index contributed by atoms with van der Waals surface area (Å²) in [4.78, 5) is 18.7. The number of hydrogen-bond acceptors (Lipinski definition) is 4. The summed E-state index contributed by atoms with van der Waals surface area (Å²) < 4.78 is 26.8. The molecule has 0 unspecified atom stereocenters. The molecule has 0 bridgehead atoms. The molecule has 112 valence electrons. The van der Waals surface area contributed by atoms with E-state index in [1.165, 1.54) is 12.1 Å². The van der Waals surface area contributed by atoms with Crippen LogP contribution in [0.4, 0.5) is 0 Å². The predicted molar refractivity (Wildman–Crippen MR) is 78.5 cm³/mol. The maximum Gasteiger partial charge on any atom is 0.240 e. The molecule has 0 spiro atoms. The van der Waals surface area contributed by atoms with Crippen LogP contribution < -0.4 is 4.72 Å². The van der Waals surface area contributed by atoms with Crippen LogP contribution in [0.5, 0.6) is 0 Å². The summed E-state index contributed by atoms with van der Waals surface area (Å²) >= 11 is 0. The summed E-state index contributed by atoms with van der Waals surface area (Å²) in [6, 6.07) is 6.07. The molecule has 21 heavy (non-hydrogen) atoms. The minimum atomic E-state index is -3.62. The van der Waals surface area contributed by atoms with Gasteiger partial charge in [0.05, 0.1) is 4.90 Å². The Balaban J connectivity index is 2.06. The van der Waals surface area contributed by atoms with Crippen molar-refractivity contribution in [2.45, 2.75) is 24.7 Å². The molecule has 2 rings (SSSR count). The van der Waals surface area contributed by atoms with Gasteiger partial charge in [0.1, 0.15) is 5.82 Å². The van der Waals surface area contributed by atoms with Gasteiger partial charge in [0.25, 0.3) is 0 Å². The van der Waals surface area contributed by atoms with E-state index in [2.05, 4.69) is 14.7 Å². The molecule has 1 aromatic carbocycles. The van der Waals surface area contributed by atoms with Crippen LogP contribution in [0.1, 0.15) is 29.5 Å². The van der Waals surface area contributed by atoms with Crippen LogP contribution in [0, 0.1) is 0 Å². The number of nitrogens with one attached hydrogen (secondary N) is 2. The Hall–Kier alpha value is -1.99. The molecule has 0 aliphatic rings. The van der Waals surface area contributed by atoms with Gasteiger partial charge in [0.15, 0.2) is 5.78 Å². The smallest absolute Gasteiger partial charge is 0.240 e. The molecule has 0 aliphatic heterocycles. The number of nitrogens with zero attached hydrogens (tertiary/aromatic N) is 1. The van der Waals surface area contributed by atoms with Crippen LogP contribution in [0.25, 0.3) is 0 Å². The van der Waals surface area contributed by atoms with E-state index in [1.807, 2.05) is 0 Å². The lowest BCUT2D eigenvalue weighted by Gasteiger charge is -2.07. The fourth-order valence-electron chi connectivity index (χ4n) is 1.86. The average Bonchev–Trinajstić information content (AvgIpc) is 2.99. The van der Waals surface area contributed by atoms with Gasteiger partial charge in [-0.1, -0.05) is 19.1 Å². The maximum absolute atomic E-state index is 12.2. The lowest BCUT2D eigenvalue weighted by Crippen LogP contribution is -2.26. The molecule has 1 heterocycles. The minimum Gasteiger partial charge on any atom is -0.349 e. The number of carbonyl (C=O) groups is 1. The van der Waals surface area contributed by atoms with E-state index in [0.29, 0.717) is 24.2 Å². The van der Waals surface area contributed by atoms with Gasteiger partial charge in [-0.15, -0.1) is 0 Å². The Bertz CT molecular complexity index is 709. The fraction of sp³-hybridized carbons (Fsp3) is 0.286. The first-order valence-corrected chi connectivity index (χ1v) is 8.12. The van der Waals surface area contributed by atoms with E-state index in [4.69, 9.17) is 0 Å². The molecular formula is C14H17N3O3S. The topological polar surface area (TPSA) is 91.9 Å². The van der Waals surface area contributed by atoms with Crippen LogP contribution in [-0.2, 0) is 16.4 Å². The summed E-state index contributed by atoms with van der Waals surface area (Å²) in [7, 11) is -3.62. The number of hydrogen-bond donors (Lipinski definition) is 2. The summed E-state index contributed by atoms with van der Waals surface area (Å²) in [5.41, 5.74) is 0.409. The standard InChI is InChI=1S/C14H17N3O3S/c1-2-13(18)11-4-3-5-12(10-11)21(19,20)17-7-6-14-15-8-9-16-14/h3-5,8-10,17H,2,6-7H2,1H3,(H,15,16). The number of benzene rings is 1. The van der Waals surface area contributed by atoms with E-state index in [-0.39, 0.29) is 17.2 Å². The Morgan fingerprint density at radius 3 is 2.86 bits per heavy atom. The van der Waals surface area contributed by atoms with Crippen molar-refractivity contribution in [2.75, 3.05) is 6.54 Å². The molecule has 6 nitrogen and oxygen atoms in total. The van der Waals surface area contributed by atoms with Crippen molar-refractivity contribution in [3.05, 3.63) is 48.0 Å².